The van der Waals surface area contributed by atoms with Gasteiger partial charge in [-0.3, -0.25) is 14.4 Å². The molecule has 0 aliphatic heterocycles. The van der Waals surface area contributed by atoms with Crippen molar-refractivity contribution in [2.45, 2.75) is 20.8 Å². The van der Waals surface area contributed by atoms with Gasteiger partial charge in [0.25, 0.3) is 5.92 Å². The van der Waals surface area contributed by atoms with E-state index in [0.29, 0.717) is 0 Å². The van der Waals surface area contributed by atoms with E-state index in [4.69, 9.17) is 0 Å². The van der Waals surface area contributed by atoms with E-state index in [9.17, 15) is 14.4 Å². The quantitative estimate of drug-likeness (QED) is 0.286. The summed E-state index contributed by atoms with van der Waals surface area (Å²) in [5.41, 5.74) is 0. The number of hydrogen-bond acceptors (Lipinski definition) is 6. The van der Waals surface area contributed by atoms with Gasteiger partial charge in [0.05, 0.1) is 19.8 Å². The average Bonchev–Trinajstić information content (AvgIpc) is 2.19. The number of carbonyl (C=O) groups is 3. The molecule has 0 aliphatic rings. The molecular formula is C10H16NaO6. The van der Waals surface area contributed by atoms with Crippen molar-refractivity contribution < 1.29 is 28.6 Å². The maximum atomic E-state index is 11.4. The Bertz CT molecular complexity index is 223. The molecule has 0 aliphatic carbocycles. The van der Waals surface area contributed by atoms with Crippen LogP contribution in [0.3, 0.4) is 0 Å². The average molecular weight is 255 g/mol. The van der Waals surface area contributed by atoms with E-state index < -0.39 is 23.8 Å². The molecule has 0 saturated carbocycles. The molecule has 0 aromatic heterocycles. The van der Waals surface area contributed by atoms with E-state index in [1.165, 1.54) is 0 Å². The third-order valence-electron chi connectivity index (χ3n) is 1.57. The van der Waals surface area contributed by atoms with Crippen LogP contribution in [0.2, 0.25) is 0 Å². The second-order valence-electron chi connectivity index (χ2n) is 2.69. The van der Waals surface area contributed by atoms with Crippen LogP contribution in [-0.2, 0) is 28.6 Å². The van der Waals surface area contributed by atoms with Gasteiger partial charge in [0.1, 0.15) is 0 Å². The standard InChI is InChI=1S/C10H16O6.Na/c1-4-14-8(11)7(9(12)15-5-2)10(13)16-6-3;/h7H,4-6H2,1-3H3;. The number of hydrogen-bond donors (Lipinski definition) is 0. The third-order valence-corrected chi connectivity index (χ3v) is 1.57. The fraction of sp³-hybridized carbons (Fsp3) is 0.700. The van der Waals surface area contributed by atoms with Gasteiger partial charge in [0, 0.05) is 29.6 Å². The van der Waals surface area contributed by atoms with Gasteiger partial charge in [0.15, 0.2) is 0 Å². The van der Waals surface area contributed by atoms with Gasteiger partial charge in [-0.05, 0) is 20.8 Å². The molecule has 0 fully saturated rings. The van der Waals surface area contributed by atoms with Gasteiger partial charge >= 0.3 is 17.9 Å². The van der Waals surface area contributed by atoms with Crippen molar-refractivity contribution in [3.05, 3.63) is 0 Å². The van der Waals surface area contributed by atoms with Crippen LogP contribution in [0, 0.1) is 5.92 Å². The molecular weight excluding hydrogens is 239 g/mol. The molecule has 0 heterocycles. The maximum Gasteiger partial charge on any atom is 0.331 e. The molecule has 0 bridgehead atoms. The molecule has 17 heavy (non-hydrogen) atoms. The van der Waals surface area contributed by atoms with E-state index >= 15 is 0 Å². The molecule has 0 aromatic carbocycles. The fourth-order valence-corrected chi connectivity index (χ4v) is 0.965. The van der Waals surface area contributed by atoms with E-state index in [0.717, 1.165) is 0 Å². The summed E-state index contributed by atoms with van der Waals surface area (Å²) < 4.78 is 13.8. The monoisotopic (exact) mass is 255 g/mol. The van der Waals surface area contributed by atoms with E-state index in [-0.39, 0.29) is 49.4 Å². The zero-order chi connectivity index (χ0) is 12.6. The number of carbonyl (C=O) groups excluding carboxylic acids is 3. The van der Waals surface area contributed by atoms with Crippen LogP contribution in [0.25, 0.3) is 0 Å². The second-order valence-corrected chi connectivity index (χ2v) is 2.69. The maximum absolute atomic E-state index is 11.4. The van der Waals surface area contributed by atoms with Crippen molar-refractivity contribution in [1.29, 1.82) is 0 Å². The van der Waals surface area contributed by atoms with Gasteiger partial charge in [-0.15, -0.1) is 0 Å². The molecule has 0 saturated heterocycles. The molecule has 0 atom stereocenters. The molecule has 1 radical (unpaired) electrons. The van der Waals surface area contributed by atoms with Gasteiger partial charge in [-0.2, -0.15) is 0 Å². The Morgan fingerprint density at radius 1 is 0.765 bits per heavy atom. The van der Waals surface area contributed by atoms with Crippen LogP contribution in [0.1, 0.15) is 20.8 Å². The first-order valence-corrected chi connectivity index (χ1v) is 5.08. The van der Waals surface area contributed by atoms with Gasteiger partial charge in [-0.25, -0.2) is 0 Å². The Morgan fingerprint density at radius 3 is 1.18 bits per heavy atom. The van der Waals surface area contributed by atoms with E-state index in [1.807, 2.05) is 0 Å². The smallest absolute Gasteiger partial charge is 0.331 e. The van der Waals surface area contributed by atoms with Gasteiger partial charge in [0.2, 0.25) is 0 Å². The fourth-order valence-electron chi connectivity index (χ4n) is 0.965. The first-order valence-electron chi connectivity index (χ1n) is 5.08. The van der Waals surface area contributed by atoms with Crippen molar-refractivity contribution in [3.63, 3.8) is 0 Å². The van der Waals surface area contributed by atoms with E-state index in [1.54, 1.807) is 20.8 Å². The molecule has 0 rings (SSSR count). The number of esters is 3. The summed E-state index contributed by atoms with van der Waals surface area (Å²) in [5.74, 6) is -4.47. The minimum Gasteiger partial charge on any atom is -0.465 e. The summed E-state index contributed by atoms with van der Waals surface area (Å²) in [7, 11) is 0. The predicted molar refractivity (Wildman–Crippen MR) is 59.1 cm³/mol. The first kappa shape index (κ1) is 18.8. The zero-order valence-corrected chi connectivity index (χ0v) is 12.6. The van der Waals surface area contributed by atoms with Crippen LogP contribution >= 0.6 is 0 Å². The van der Waals surface area contributed by atoms with Crippen LogP contribution in [0.4, 0.5) is 0 Å². The Labute approximate surface area is 122 Å². The van der Waals surface area contributed by atoms with Crippen molar-refractivity contribution in [2.24, 2.45) is 5.92 Å². The summed E-state index contributed by atoms with van der Waals surface area (Å²) in [6, 6.07) is 0. The normalized spacial score (nSPS) is 9.18. The molecule has 0 spiro atoms. The summed E-state index contributed by atoms with van der Waals surface area (Å²) in [6.07, 6.45) is 0. The summed E-state index contributed by atoms with van der Waals surface area (Å²) >= 11 is 0. The molecule has 0 unspecified atom stereocenters. The largest absolute Gasteiger partial charge is 0.465 e. The Balaban J connectivity index is 0. The summed E-state index contributed by atoms with van der Waals surface area (Å²) in [4.78, 5) is 34.1. The molecule has 0 aromatic rings. The van der Waals surface area contributed by atoms with Crippen LogP contribution in [0.15, 0.2) is 0 Å². The molecule has 6 nitrogen and oxygen atoms in total. The zero-order valence-electron chi connectivity index (χ0n) is 10.6. The molecule has 7 heteroatoms. The van der Waals surface area contributed by atoms with Crippen LogP contribution in [-0.4, -0.2) is 67.3 Å². The topological polar surface area (TPSA) is 78.9 Å². The van der Waals surface area contributed by atoms with Gasteiger partial charge in [-0.1, -0.05) is 0 Å². The Kier molecular flexibility index (Phi) is 11.7. The van der Waals surface area contributed by atoms with E-state index in [2.05, 4.69) is 14.2 Å². The minimum atomic E-state index is -1.64. The second kappa shape index (κ2) is 10.6. The van der Waals surface area contributed by atoms with Crippen LogP contribution < -0.4 is 0 Å². The molecule has 0 N–H and O–H groups in total. The van der Waals surface area contributed by atoms with Gasteiger partial charge < -0.3 is 14.2 Å². The SMILES string of the molecule is CCOC(=O)C(C(=O)OCC)C(=O)OCC.[Na]. The molecule has 93 valence electrons. The minimum absolute atomic E-state index is 0. The third kappa shape index (κ3) is 6.65. The number of rotatable bonds is 6. The first-order chi connectivity index (χ1) is 7.58. The van der Waals surface area contributed by atoms with Crippen molar-refractivity contribution in [2.75, 3.05) is 19.8 Å². The summed E-state index contributed by atoms with van der Waals surface area (Å²) in [5, 5.41) is 0. The Morgan fingerprint density at radius 2 is 1.00 bits per heavy atom. The predicted octanol–water partition coefficient (Wildman–Crippen LogP) is -0.0889. The number of ether oxygens (including phenoxy) is 3. The van der Waals surface area contributed by atoms with Crippen molar-refractivity contribution in [3.8, 4) is 0 Å². The summed E-state index contributed by atoms with van der Waals surface area (Å²) in [6.45, 7) is 4.96. The van der Waals surface area contributed by atoms with Crippen molar-refractivity contribution in [1.82, 2.24) is 0 Å². The Hall–Kier alpha value is -0.590. The molecule has 0 amide bonds. The van der Waals surface area contributed by atoms with Crippen LogP contribution in [0.5, 0.6) is 0 Å². The van der Waals surface area contributed by atoms with Crippen molar-refractivity contribution >= 4 is 47.5 Å².